The molecule has 0 radical (unpaired) electrons. The minimum atomic E-state index is 0. The number of nitrogens with zero attached hydrogens (tertiary/aromatic N) is 1. The van der Waals surface area contributed by atoms with E-state index in [2.05, 4.69) is 41.5 Å². The summed E-state index contributed by atoms with van der Waals surface area (Å²) < 4.78 is 6.05. The molecule has 1 aromatic carbocycles. The summed E-state index contributed by atoms with van der Waals surface area (Å²) in [5.41, 5.74) is 8.57. The Kier molecular flexibility index (Phi) is 7.81. The lowest BCUT2D eigenvalue weighted by molar-refractivity contribution is -0.0265. The molecule has 0 spiro atoms. The van der Waals surface area contributed by atoms with Gasteiger partial charge in [-0.05, 0) is 44.1 Å². The van der Waals surface area contributed by atoms with Gasteiger partial charge in [-0.3, -0.25) is 4.99 Å². The van der Waals surface area contributed by atoms with Crippen LogP contribution in [0.4, 0.5) is 0 Å². The number of nitrogens with one attached hydrogen (secondary N) is 1. The Labute approximate surface area is 162 Å². The second-order valence-corrected chi connectivity index (χ2v) is 7.01. The zero-order valence-corrected chi connectivity index (χ0v) is 16.9. The number of halogens is 1. The normalized spacial score (nSPS) is 24.8. The number of benzene rings is 1. The molecule has 4 nitrogen and oxygen atoms in total. The first-order chi connectivity index (χ1) is 11.2. The van der Waals surface area contributed by atoms with E-state index in [0.29, 0.717) is 11.9 Å². The molecular weight excluding hydrogens is 413 g/mol. The van der Waals surface area contributed by atoms with Crippen LogP contribution in [0, 0.1) is 18.8 Å². The van der Waals surface area contributed by atoms with Crippen LogP contribution >= 0.6 is 24.0 Å². The fourth-order valence-electron chi connectivity index (χ4n) is 3.37. The third kappa shape index (κ3) is 5.34. The van der Waals surface area contributed by atoms with Gasteiger partial charge in [-0.25, -0.2) is 0 Å². The monoisotopic (exact) mass is 443 g/mol. The summed E-state index contributed by atoms with van der Waals surface area (Å²) in [6.07, 6.45) is 6.42. The lowest BCUT2D eigenvalue weighted by Gasteiger charge is -2.32. The molecule has 1 aliphatic heterocycles. The van der Waals surface area contributed by atoms with Crippen molar-refractivity contribution in [3.8, 4) is 0 Å². The Morgan fingerprint density at radius 2 is 1.96 bits per heavy atom. The standard InChI is InChI=1S/C19H29N3O.HI/c1-14-7-9-16(10-8-14)18-17(6-3-11-23-18)13-22-19(20)21-12-15-4-2-5-15;/h7-10,15,17-18H,2-6,11-13H2,1H3,(H3,20,21,22);1H. The highest BCUT2D eigenvalue weighted by atomic mass is 127. The van der Waals surface area contributed by atoms with E-state index in [9.17, 15) is 0 Å². The van der Waals surface area contributed by atoms with Gasteiger partial charge in [0.2, 0.25) is 0 Å². The summed E-state index contributed by atoms with van der Waals surface area (Å²) in [6.45, 7) is 4.67. The molecule has 2 unspecified atom stereocenters. The van der Waals surface area contributed by atoms with Crippen molar-refractivity contribution in [2.45, 2.75) is 45.1 Å². The van der Waals surface area contributed by atoms with Crippen LogP contribution in [0.3, 0.4) is 0 Å². The van der Waals surface area contributed by atoms with Crippen LogP contribution < -0.4 is 11.1 Å². The number of aryl methyl sites for hydroxylation is 1. The fraction of sp³-hybridized carbons (Fsp3) is 0.632. The van der Waals surface area contributed by atoms with E-state index in [1.54, 1.807) is 0 Å². The van der Waals surface area contributed by atoms with Crippen molar-refractivity contribution in [1.82, 2.24) is 5.32 Å². The van der Waals surface area contributed by atoms with Crippen molar-refractivity contribution < 1.29 is 4.74 Å². The average molecular weight is 443 g/mol. The molecule has 1 aliphatic carbocycles. The second kappa shape index (κ2) is 9.61. The average Bonchev–Trinajstić information content (AvgIpc) is 2.52. The van der Waals surface area contributed by atoms with Crippen LogP contribution in [0.5, 0.6) is 0 Å². The molecule has 3 N–H and O–H groups in total. The zero-order valence-electron chi connectivity index (χ0n) is 14.5. The molecule has 24 heavy (non-hydrogen) atoms. The van der Waals surface area contributed by atoms with Gasteiger partial charge in [0.15, 0.2) is 5.96 Å². The molecule has 1 heterocycles. The van der Waals surface area contributed by atoms with E-state index in [-0.39, 0.29) is 30.1 Å². The predicted octanol–water partition coefficient (Wildman–Crippen LogP) is 3.79. The summed E-state index contributed by atoms with van der Waals surface area (Å²) in [5.74, 6) is 1.79. The maximum Gasteiger partial charge on any atom is 0.188 e. The highest BCUT2D eigenvalue weighted by Crippen LogP contribution is 2.33. The van der Waals surface area contributed by atoms with Gasteiger partial charge in [0, 0.05) is 25.6 Å². The molecule has 0 bridgehead atoms. The number of guanidine groups is 1. The molecule has 1 saturated carbocycles. The van der Waals surface area contributed by atoms with Crippen LogP contribution in [0.25, 0.3) is 0 Å². The van der Waals surface area contributed by atoms with Crippen LogP contribution in [-0.4, -0.2) is 25.7 Å². The van der Waals surface area contributed by atoms with E-state index in [4.69, 9.17) is 10.5 Å². The highest BCUT2D eigenvalue weighted by Gasteiger charge is 2.27. The lowest BCUT2D eigenvalue weighted by Crippen LogP contribution is -2.39. The molecular formula is C19H30IN3O. The molecule has 2 aliphatic rings. The summed E-state index contributed by atoms with van der Waals surface area (Å²) in [7, 11) is 0. The summed E-state index contributed by atoms with van der Waals surface area (Å²) >= 11 is 0. The quantitative estimate of drug-likeness (QED) is 0.414. The number of ether oxygens (including phenoxy) is 1. The zero-order chi connectivity index (χ0) is 16.1. The van der Waals surface area contributed by atoms with Crippen molar-refractivity contribution in [1.29, 1.82) is 0 Å². The van der Waals surface area contributed by atoms with Gasteiger partial charge in [-0.1, -0.05) is 36.2 Å². The molecule has 134 valence electrons. The maximum absolute atomic E-state index is 6.05. The maximum atomic E-state index is 6.05. The molecule has 1 aromatic rings. The minimum absolute atomic E-state index is 0. The number of hydrogen-bond donors (Lipinski definition) is 2. The summed E-state index contributed by atoms with van der Waals surface area (Å²) in [5, 5.41) is 3.31. The van der Waals surface area contributed by atoms with Gasteiger partial charge in [-0.2, -0.15) is 0 Å². The van der Waals surface area contributed by atoms with Gasteiger partial charge in [0.05, 0.1) is 6.10 Å². The second-order valence-electron chi connectivity index (χ2n) is 7.01. The Morgan fingerprint density at radius 3 is 2.62 bits per heavy atom. The van der Waals surface area contributed by atoms with Crippen molar-refractivity contribution in [2.75, 3.05) is 19.7 Å². The Hall–Kier alpha value is -0.820. The Bertz CT molecular complexity index is 528. The van der Waals surface area contributed by atoms with Crippen LogP contribution in [0.2, 0.25) is 0 Å². The van der Waals surface area contributed by atoms with Gasteiger partial charge >= 0.3 is 0 Å². The summed E-state index contributed by atoms with van der Waals surface area (Å²) in [6, 6.07) is 8.69. The number of hydrogen-bond acceptors (Lipinski definition) is 2. The fourth-order valence-corrected chi connectivity index (χ4v) is 3.37. The van der Waals surface area contributed by atoms with E-state index in [1.807, 2.05) is 0 Å². The molecule has 3 rings (SSSR count). The first-order valence-corrected chi connectivity index (χ1v) is 8.94. The van der Waals surface area contributed by atoms with Crippen molar-refractivity contribution in [2.24, 2.45) is 22.6 Å². The smallest absolute Gasteiger partial charge is 0.188 e. The largest absolute Gasteiger partial charge is 0.373 e. The molecule has 5 heteroatoms. The van der Waals surface area contributed by atoms with E-state index < -0.39 is 0 Å². The predicted molar refractivity (Wildman–Crippen MR) is 110 cm³/mol. The molecule has 1 saturated heterocycles. The highest BCUT2D eigenvalue weighted by molar-refractivity contribution is 14.0. The first kappa shape index (κ1) is 19.5. The SMILES string of the molecule is Cc1ccc(C2OCCCC2CNC(N)=NCC2CCC2)cc1.I. The third-order valence-corrected chi connectivity index (χ3v) is 5.14. The van der Waals surface area contributed by atoms with Gasteiger partial charge in [-0.15, -0.1) is 24.0 Å². The minimum Gasteiger partial charge on any atom is -0.373 e. The Morgan fingerprint density at radius 1 is 1.21 bits per heavy atom. The Balaban J connectivity index is 0.00000208. The third-order valence-electron chi connectivity index (χ3n) is 5.14. The van der Waals surface area contributed by atoms with Crippen molar-refractivity contribution >= 4 is 29.9 Å². The number of nitrogens with two attached hydrogens (primary N) is 1. The van der Waals surface area contributed by atoms with Crippen molar-refractivity contribution in [3.63, 3.8) is 0 Å². The molecule has 0 amide bonds. The summed E-state index contributed by atoms with van der Waals surface area (Å²) in [4.78, 5) is 4.48. The van der Waals surface area contributed by atoms with Gasteiger partial charge in [0.1, 0.15) is 0 Å². The van der Waals surface area contributed by atoms with E-state index in [1.165, 1.54) is 36.8 Å². The lowest BCUT2D eigenvalue weighted by atomic mass is 9.86. The molecule has 2 atom stereocenters. The molecule has 0 aromatic heterocycles. The molecule has 2 fully saturated rings. The van der Waals surface area contributed by atoms with E-state index in [0.717, 1.165) is 32.0 Å². The van der Waals surface area contributed by atoms with Crippen LogP contribution in [-0.2, 0) is 4.74 Å². The first-order valence-electron chi connectivity index (χ1n) is 8.94. The topological polar surface area (TPSA) is 59.6 Å². The van der Waals surface area contributed by atoms with E-state index >= 15 is 0 Å². The number of aliphatic imine (C=N–C) groups is 1. The van der Waals surface area contributed by atoms with Crippen molar-refractivity contribution in [3.05, 3.63) is 35.4 Å². The number of rotatable bonds is 5. The van der Waals surface area contributed by atoms with Crippen LogP contribution in [0.15, 0.2) is 29.3 Å². The van der Waals surface area contributed by atoms with Crippen LogP contribution in [0.1, 0.15) is 49.3 Å². The van der Waals surface area contributed by atoms with Gasteiger partial charge in [0.25, 0.3) is 0 Å². The van der Waals surface area contributed by atoms with Gasteiger partial charge < -0.3 is 15.8 Å².